The second-order valence-corrected chi connectivity index (χ2v) is 5.83. The molecular formula is C17H17ClN4O. The third kappa shape index (κ3) is 3.81. The Labute approximate surface area is 138 Å². The Balaban J connectivity index is 1.54. The Morgan fingerprint density at radius 3 is 2.91 bits per heavy atom. The number of hydrogen-bond donors (Lipinski definition) is 3. The minimum absolute atomic E-state index is 0.00485. The zero-order valence-corrected chi connectivity index (χ0v) is 13.2. The Bertz CT molecular complexity index is 843. The quantitative estimate of drug-likeness (QED) is 0.673. The van der Waals surface area contributed by atoms with Gasteiger partial charge in [-0.3, -0.25) is 9.89 Å². The molecule has 0 atom stereocenters. The summed E-state index contributed by atoms with van der Waals surface area (Å²) >= 11 is 5.92. The molecule has 0 bridgehead atoms. The van der Waals surface area contributed by atoms with Gasteiger partial charge in [0.15, 0.2) is 5.82 Å². The van der Waals surface area contributed by atoms with Gasteiger partial charge < -0.3 is 11.1 Å². The average Bonchev–Trinajstić information content (AvgIpc) is 2.92. The molecule has 0 spiro atoms. The molecule has 0 aliphatic rings. The lowest BCUT2D eigenvalue weighted by Gasteiger charge is -2.06. The number of rotatable bonds is 5. The average molecular weight is 329 g/mol. The number of anilines is 1. The molecule has 118 valence electrons. The smallest absolute Gasteiger partial charge is 0.220 e. The molecule has 2 aromatic carbocycles. The summed E-state index contributed by atoms with van der Waals surface area (Å²) in [5, 5.41) is 11.3. The van der Waals surface area contributed by atoms with Crippen molar-refractivity contribution in [1.82, 2.24) is 15.5 Å². The molecule has 0 aliphatic carbocycles. The van der Waals surface area contributed by atoms with Gasteiger partial charge in [-0.2, -0.15) is 5.10 Å². The van der Waals surface area contributed by atoms with Crippen molar-refractivity contribution in [3.8, 4) is 0 Å². The van der Waals surface area contributed by atoms with E-state index in [-0.39, 0.29) is 5.91 Å². The van der Waals surface area contributed by atoms with E-state index in [0.717, 1.165) is 22.0 Å². The summed E-state index contributed by atoms with van der Waals surface area (Å²) in [6.45, 7) is 0.479. The largest absolute Gasteiger partial charge is 0.382 e. The van der Waals surface area contributed by atoms with Crippen molar-refractivity contribution in [2.75, 3.05) is 5.73 Å². The maximum absolute atomic E-state index is 12.0. The summed E-state index contributed by atoms with van der Waals surface area (Å²) in [5.41, 5.74) is 8.74. The van der Waals surface area contributed by atoms with Crippen LogP contribution in [0.25, 0.3) is 10.9 Å². The lowest BCUT2D eigenvalue weighted by Crippen LogP contribution is -2.22. The fourth-order valence-electron chi connectivity index (χ4n) is 2.43. The molecule has 3 aromatic rings. The van der Waals surface area contributed by atoms with Crippen LogP contribution >= 0.6 is 11.6 Å². The monoisotopic (exact) mass is 328 g/mol. The van der Waals surface area contributed by atoms with Crippen LogP contribution in [0.4, 0.5) is 5.82 Å². The standard InChI is InChI=1S/C17H17ClN4O/c18-13-3-1-2-12(8-13)10-20-16(23)7-5-11-4-6-15-14(9-11)17(19)22-21-15/h1-4,6,8-9H,5,7,10H2,(H,20,23)(H3,19,21,22). The topological polar surface area (TPSA) is 83.8 Å². The molecular weight excluding hydrogens is 312 g/mol. The molecule has 6 heteroatoms. The summed E-state index contributed by atoms with van der Waals surface area (Å²) < 4.78 is 0. The Kier molecular flexibility index (Phi) is 4.48. The molecule has 1 heterocycles. The molecule has 0 fully saturated rings. The van der Waals surface area contributed by atoms with Gasteiger partial charge in [0, 0.05) is 23.4 Å². The first kappa shape index (κ1) is 15.4. The van der Waals surface area contributed by atoms with Crippen LogP contribution < -0.4 is 11.1 Å². The summed E-state index contributed by atoms with van der Waals surface area (Å²) in [5.74, 6) is 0.484. The molecule has 0 saturated carbocycles. The van der Waals surface area contributed by atoms with Gasteiger partial charge in [0.25, 0.3) is 0 Å². The number of nitrogens with one attached hydrogen (secondary N) is 2. The van der Waals surface area contributed by atoms with Crippen molar-refractivity contribution in [1.29, 1.82) is 0 Å². The molecule has 0 saturated heterocycles. The predicted octanol–water partition coefficient (Wildman–Crippen LogP) is 3.05. The number of hydrogen-bond acceptors (Lipinski definition) is 3. The third-order valence-corrected chi connectivity index (χ3v) is 3.91. The number of aromatic amines is 1. The Morgan fingerprint density at radius 2 is 2.09 bits per heavy atom. The number of nitrogen functional groups attached to an aromatic ring is 1. The second-order valence-electron chi connectivity index (χ2n) is 5.40. The molecule has 1 amide bonds. The number of nitrogens with zero attached hydrogens (tertiary/aromatic N) is 1. The normalized spacial score (nSPS) is 10.8. The van der Waals surface area contributed by atoms with Crippen LogP contribution in [0.5, 0.6) is 0 Å². The summed E-state index contributed by atoms with van der Waals surface area (Å²) in [6, 6.07) is 13.3. The van der Waals surface area contributed by atoms with Crippen LogP contribution in [0.3, 0.4) is 0 Å². The number of aryl methyl sites for hydroxylation is 1. The number of aromatic nitrogens is 2. The maximum atomic E-state index is 12.0. The highest BCUT2D eigenvalue weighted by atomic mass is 35.5. The summed E-state index contributed by atoms with van der Waals surface area (Å²) in [4.78, 5) is 12.0. The van der Waals surface area contributed by atoms with Crippen LogP contribution in [-0.4, -0.2) is 16.1 Å². The predicted molar refractivity (Wildman–Crippen MR) is 92.1 cm³/mol. The lowest BCUT2D eigenvalue weighted by molar-refractivity contribution is -0.121. The van der Waals surface area contributed by atoms with E-state index in [1.54, 1.807) is 0 Å². The van der Waals surface area contributed by atoms with E-state index in [1.807, 2.05) is 42.5 Å². The zero-order chi connectivity index (χ0) is 16.2. The minimum Gasteiger partial charge on any atom is -0.382 e. The first-order chi connectivity index (χ1) is 11.1. The second kappa shape index (κ2) is 6.71. The number of fused-ring (bicyclic) bond motifs is 1. The number of H-pyrrole nitrogens is 1. The fraction of sp³-hybridized carbons (Fsp3) is 0.176. The Hall–Kier alpha value is -2.53. The zero-order valence-electron chi connectivity index (χ0n) is 12.5. The number of carbonyl (C=O) groups excluding carboxylic acids is 1. The van der Waals surface area contributed by atoms with E-state index in [4.69, 9.17) is 17.3 Å². The molecule has 0 aliphatic heterocycles. The molecule has 1 aromatic heterocycles. The first-order valence-electron chi connectivity index (χ1n) is 7.35. The highest BCUT2D eigenvalue weighted by Gasteiger charge is 2.06. The maximum Gasteiger partial charge on any atom is 0.220 e. The highest BCUT2D eigenvalue weighted by molar-refractivity contribution is 6.30. The van der Waals surface area contributed by atoms with Gasteiger partial charge in [0.05, 0.1) is 5.52 Å². The van der Waals surface area contributed by atoms with Gasteiger partial charge in [-0.05, 0) is 41.8 Å². The SMILES string of the molecule is Nc1n[nH]c2ccc(CCC(=O)NCc3cccc(Cl)c3)cc12. The molecule has 4 N–H and O–H groups in total. The van der Waals surface area contributed by atoms with Gasteiger partial charge in [0.1, 0.15) is 0 Å². The first-order valence-corrected chi connectivity index (χ1v) is 7.73. The van der Waals surface area contributed by atoms with Gasteiger partial charge >= 0.3 is 0 Å². The summed E-state index contributed by atoms with van der Waals surface area (Å²) in [7, 11) is 0. The molecule has 0 radical (unpaired) electrons. The van der Waals surface area contributed by atoms with E-state index in [9.17, 15) is 4.79 Å². The van der Waals surface area contributed by atoms with Crippen LogP contribution in [0, 0.1) is 0 Å². The van der Waals surface area contributed by atoms with Crippen molar-refractivity contribution in [2.24, 2.45) is 0 Å². The van der Waals surface area contributed by atoms with E-state index in [2.05, 4.69) is 15.5 Å². The molecule has 23 heavy (non-hydrogen) atoms. The fourth-order valence-corrected chi connectivity index (χ4v) is 2.64. The number of amides is 1. The number of halogens is 1. The van der Waals surface area contributed by atoms with Crippen LogP contribution in [0.15, 0.2) is 42.5 Å². The van der Waals surface area contributed by atoms with Gasteiger partial charge in [-0.25, -0.2) is 0 Å². The van der Waals surface area contributed by atoms with E-state index < -0.39 is 0 Å². The van der Waals surface area contributed by atoms with Crippen molar-refractivity contribution in [3.05, 3.63) is 58.6 Å². The van der Waals surface area contributed by atoms with Gasteiger partial charge in [-0.1, -0.05) is 29.8 Å². The molecule has 3 rings (SSSR count). The van der Waals surface area contributed by atoms with Crippen molar-refractivity contribution >= 4 is 34.2 Å². The van der Waals surface area contributed by atoms with E-state index in [1.165, 1.54) is 0 Å². The highest BCUT2D eigenvalue weighted by Crippen LogP contribution is 2.19. The number of benzene rings is 2. The van der Waals surface area contributed by atoms with Crippen molar-refractivity contribution in [2.45, 2.75) is 19.4 Å². The van der Waals surface area contributed by atoms with Gasteiger partial charge in [-0.15, -0.1) is 0 Å². The van der Waals surface area contributed by atoms with Gasteiger partial charge in [0.2, 0.25) is 5.91 Å². The lowest BCUT2D eigenvalue weighted by atomic mass is 10.1. The van der Waals surface area contributed by atoms with Crippen LogP contribution in [0.1, 0.15) is 17.5 Å². The third-order valence-electron chi connectivity index (χ3n) is 3.68. The molecule has 0 unspecified atom stereocenters. The number of carbonyl (C=O) groups is 1. The van der Waals surface area contributed by atoms with Crippen molar-refractivity contribution < 1.29 is 4.79 Å². The Morgan fingerprint density at radius 1 is 1.22 bits per heavy atom. The number of nitrogens with two attached hydrogens (primary N) is 1. The van der Waals surface area contributed by atoms with Crippen LogP contribution in [-0.2, 0) is 17.8 Å². The van der Waals surface area contributed by atoms with Crippen LogP contribution in [0.2, 0.25) is 5.02 Å². The van der Waals surface area contributed by atoms with Crippen molar-refractivity contribution in [3.63, 3.8) is 0 Å². The molecule has 5 nitrogen and oxygen atoms in total. The summed E-state index contributed by atoms with van der Waals surface area (Å²) in [6.07, 6.45) is 1.08. The van der Waals surface area contributed by atoms with E-state index in [0.29, 0.717) is 30.2 Å². The minimum atomic E-state index is 0.00485. The van der Waals surface area contributed by atoms with E-state index >= 15 is 0 Å².